The van der Waals surface area contributed by atoms with Crippen LogP contribution < -0.4 is 0 Å². The summed E-state index contributed by atoms with van der Waals surface area (Å²) in [6.07, 6.45) is 6.45. The average Bonchev–Trinajstić information content (AvgIpc) is 3.59. The van der Waals surface area contributed by atoms with Crippen LogP contribution in [-0.2, 0) is 26.5 Å². The fourth-order valence-corrected chi connectivity index (χ4v) is 6.28. The number of rotatable bonds is 5. The molecule has 4 aromatic heterocycles. The third-order valence-corrected chi connectivity index (χ3v) is 9.40. The summed E-state index contributed by atoms with van der Waals surface area (Å²) >= 11 is 0. The Balaban J connectivity index is 0.000000222. The maximum atomic E-state index is 5.81. The Morgan fingerprint density at radius 2 is 1.47 bits per heavy atom. The van der Waals surface area contributed by atoms with Gasteiger partial charge in [0.2, 0.25) is 0 Å². The van der Waals surface area contributed by atoms with Crippen LogP contribution in [0.3, 0.4) is 0 Å². The molecule has 4 aromatic carbocycles. The van der Waals surface area contributed by atoms with E-state index >= 15 is 0 Å². The summed E-state index contributed by atoms with van der Waals surface area (Å²) in [6.45, 7) is 15.0. The quantitative estimate of drug-likeness (QED) is 0.162. The van der Waals surface area contributed by atoms with E-state index in [4.69, 9.17) is 14.4 Å². The normalized spacial score (nSPS) is 11.1. The van der Waals surface area contributed by atoms with E-state index in [0.717, 1.165) is 62.1 Å². The van der Waals surface area contributed by atoms with Gasteiger partial charge in [0.25, 0.3) is 0 Å². The molecule has 257 valence electrons. The van der Waals surface area contributed by atoms with Gasteiger partial charge >= 0.3 is 0 Å². The molecule has 0 unspecified atom stereocenters. The monoisotopic (exact) mass is 844 g/mol. The zero-order chi connectivity index (χ0) is 34.9. The van der Waals surface area contributed by atoms with Crippen molar-refractivity contribution in [2.24, 2.45) is 5.92 Å². The molecule has 0 saturated heterocycles. The second-order valence-corrected chi connectivity index (χ2v) is 13.8. The number of hydrogen-bond acceptors (Lipinski definition) is 4. The minimum atomic E-state index is 0. The van der Waals surface area contributed by atoms with E-state index in [2.05, 4.69) is 138 Å². The average molecular weight is 844 g/mol. The molecule has 0 aliphatic rings. The van der Waals surface area contributed by atoms with Crippen LogP contribution in [0, 0.1) is 52.7 Å². The Hall–Kier alpha value is -4.96. The molecule has 0 spiro atoms. The summed E-state index contributed by atoms with van der Waals surface area (Å²) in [5, 5.41) is 4.42. The van der Waals surface area contributed by atoms with Crippen LogP contribution in [0.15, 0.2) is 108 Å². The maximum absolute atomic E-state index is 5.81. The fraction of sp³-hybridized carbons (Fsp3) is 0.196. The Labute approximate surface area is 314 Å². The topological polar surface area (TPSA) is 51.8 Å². The fourth-order valence-electron chi connectivity index (χ4n) is 6.28. The van der Waals surface area contributed by atoms with Crippen molar-refractivity contribution < 1.29 is 24.5 Å². The van der Waals surface area contributed by atoms with Crippen molar-refractivity contribution in [1.29, 1.82) is 0 Å². The molecule has 8 aromatic rings. The summed E-state index contributed by atoms with van der Waals surface area (Å²) in [6, 6.07) is 36.7. The van der Waals surface area contributed by atoms with Crippen LogP contribution in [0.4, 0.5) is 0 Å². The van der Waals surface area contributed by atoms with Crippen molar-refractivity contribution in [1.82, 2.24) is 15.0 Å². The summed E-state index contributed by atoms with van der Waals surface area (Å²) < 4.78 is 5.81. The number of furan rings is 1. The second-order valence-electron chi connectivity index (χ2n) is 13.8. The van der Waals surface area contributed by atoms with Crippen molar-refractivity contribution in [3.05, 3.63) is 149 Å². The first-order valence-electron chi connectivity index (χ1n) is 17.2. The molecule has 5 heteroatoms. The zero-order valence-corrected chi connectivity index (χ0v) is 32.6. The van der Waals surface area contributed by atoms with Gasteiger partial charge in [0, 0.05) is 55.7 Å². The number of hydrogen-bond donors (Lipinski definition) is 0. The van der Waals surface area contributed by atoms with Gasteiger partial charge in [-0.1, -0.05) is 110 Å². The van der Waals surface area contributed by atoms with Crippen LogP contribution in [0.1, 0.15) is 47.4 Å². The maximum Gasteiger partial charge on any atom is 0.0847 e. The molecule has 0 aliphatic carbocycles. The summed E-state index contributed by atoms with van der Waals surface area (Å²) in [5.74, 6) is 0.538. The minimum Gasteiger partial charge on any atom is -0.506 e. The van der Waals surface area contributed by atoms with Gasteiger partial charge in [-0.2, -0.15) is 0 Å². The molecule has 0 amide bonds. The van der Waals surface area contributed by atoms with Crippen molar-refractivity contribution in [2.75, 3.05) is 0 Å². The Morgan fingerprint density at radius 3 is 2.25 bits per heavy atom. The molecular weight excluding hydrogens is 803 g/mol. The van der Waals surface area contributed by atoms with Crippen LogP contribution in [-0.4, -0.2) is 15.0 Å². The first-order chi connectivity index (χ1) is 24.1. The molecule has 4 nitrogen and oxygen atoms in total. The van der Waals surface area contributed by atoms with Crippen molar-refractivity contribution >= 4 is 32.6 Å². The third-order valence-electron chi connectivity index (χ3n) is 9.40. The Kier molecular flexibility index (Phi) is 10.6. The summed E-state index contributed by atoms with van der Waals surface area (Å²) in [7, 11) is 0. The SMILES string of the molecule is Cc1c[c-]c(-c2cc(C)c(C)cn2)cc1C.Cc1ccc2cc(-c3ccnc(-c4[c-]c5ccoc5c5nc(CC(C)C)ccc45)c3)ccc2c1.[Ir]. The van der Waals surface area contributed by atoms with E-state index in [1.54, 1.807) is 6.26 Å². The number of aryl methyl sites for hydroxylation is 5. The van der Waals surface area contributed by atoms with E-state index < -0.39 is 0 Å². The largest absolute Gasteiger partial charge is 0.506 e. The zero-order valence-electron chi connectivity index (χ0n) is 30.2. The number of benzene rings is 4. The van der Waals surface area contributed by atoms with Gasteiger partial charge in [-0.15, -0.1) is 41.0 Å². The van der Waals surface area contributed by atoms with Gasteiger partial charge in [-0.05, 0) is 84.5 Å². The van der Waals surface area contributed by atoms with E-state index in [0.29, 0.717) is 5.92 Å². The van der Waals surface area contributed by atoms with E-state index in [1.165, 1.54) is 44.2 Å². The van der Waals surface area contributed by atoms with Crippen LogP contribution in [0.5, 0.6) is 0 Å². The van der Waals surface area contributed by atoms with Gasteiger partial charge < -0.3 is 9.40 Å². The number of fused-ring (bicyclic) bond motifs is 4. The third kappa shape index (κ3) is 7.71. The summed E-state index contributed by atoms with van der Waals surface area (Å²) in [5.41, 5.74) is 15.3. The number of aromatic nitrogens is 3. The van der Waals surface area contributed by atoms with Crippen molar-refractivity contribution in [2.45, 2.75) is 54.9 Å². The van der Waals surface area contributed by atoms with Crippen LogP contribution >= 0.6 is 0 Å². The molecule has 0 saturated carbocycles. The summed E-state index contributed by atoms with van der Waals surface area (Å²) in [4.78, 5) is 14.2. The van der Waals surface area contributed by atoms with Crippen LogP contribution in [0.25, 0.3) is 66.3 Å². The molecule has 0 N–H and O–H groups in total. The molecule has 0 fully saturated rings. The molecule has 0 bridgehead atoms. The van der Waals surface area contributed by atoms with Crippen molar-refractivity contribution in [3.8, 4) is 33.6 Å². The molecule has 51 heavy (non-hydrogen) atoms. The molecule has 4 heterocycles. The number of pyridine rings is 3. The Morgan fingerprint density at radius 1 is 0.706 bits per heavy atom. The van der Waals surface area contributed by atoms with Gasteiger partial charge in [-0.25, -0.2) is 0 Å². The predicted molar refractivity (Wildman–Crippen MR) is 207 cm³/mol. The second kappa shape index (κ2) is 15.1. The minimum absolute atomic E-state index is 0. The molecule has 0 aliphatic heterocycles. The number of nitrogens with zero attached hydrogens (tertiary/aromatic N) is 3. The first-order valence-corrected chi connectivity index (χ1v) is 17.2. The van der Waals surface area contributed by atoms with Crippen molar-refractivity contribution in [3.63, 3.8) is 0 Å². The smallest absolute Gasteiger partial charge is 0.0847 e. The van der Waals surface area contributed by atoms with Gasteiger partial charge in [0.05, 0.1) is 5.58 Å². The standard InChI is InChI=1S/C31H25N2O.C15H16N.Ir/c1-19(2)14-26-8-9-27-28(17-25-11-13-34-31(25)30(27)33-26)29-18-24(10-12-32-29)23-7-6-21-15-20(3)4-5-22(21)16-23;1-10-5-6-14(7-11(10)2)15-8-12(3)13(4)9-16-15;/h4-13,15-16,18-19H,14H2,1-3H3;5,7-9H,1-4H3;/q2*-1;. The van der Waals surface area contributed by atoms with E-state index in [9.17, 15) is 0 Å². The van der Waals surface area contributed by atoms with E-state index in [-0.39, 0.29) is 20.1 Å². The van der Waals surface area contributed by atoms with Gasteiger partial charge in [-0.3, -0.25) is 9.97 Å². The van der Waals surface area contributed by atoms with Gasteiger partial charge in [0.15, 0.2) is 0 Å². The molecule has 0 atom stereocenters. The first kappa shape index (κ1) is 35.9. The molecular formula is C46H41IrN3O-2. The predicted octanol–water partition coefficient (Wildman–Crippen LogP) is 12.0. The molecule has 8 rings (SSSR count). The van der Waals surface area contributed by atoms with E-state index in [1.807, 2.05) is 24.5 Å². The molecule has 1 radical (unpaired) electrons. The van der Waals surface area contributed by atoms with Gasteiger partial charge in [0.1, 0.15) is 0 Å². The Bertz CT molecular complexity index is 2460. The van der Waals surface area contributed by atoms with Crippen LogP contribution in [0.2, 0.25) is 0 Å².